The minimum absolute atomic E-state index is 0.166. The summed E-state index contributed by atoms with van der Waals surface area (Å²) in [5.74, 6) is -0.870. The number of nitrogens with one attached hydrogen (secondary N) is 1. The summed E-state index contributed by atoms with van der Waals surface area (Å²) in [5.41, 5.74) is 1.94. The van der Waals surface area contributed by atoms with Crippen LogP contribution in [-0.2, 0) is 16.2 Å². The van der Waals surface area contributed by atoms with E-state index in [-0.39, 0.29) is 18.9 Å². The standard InChI is InChI=1S/C21H21N3O6/c1-2-22-20(27)30-14-8-9-15-16(10-14)17-11-23(18(15)19(25)26)21(28)24(17)29-12-13-6-4-3-5-7-13/h3-10,17-18H,2,11-12H2,1H3,(H,22,27)(H,25,26)/t17-,18?/m1/s1. The lowest BCUT2D eigenvalue weighted by atomic mass is 9.91. The van der Waals surface area contributed by atoms with Gasteiger partial charge < -0.3 is 20.1 Å². The molecule has 0 spiro atoms. The van der Waals surface area contributed by atoms with Gasteiger partial charge in [-0.15, -0.1) is 0 Å². The predicted molar refractivity (Wildman–Crippen MR) is 104 cm³/mol. The molecule has 30 heavy (non-hydrogen) atoms. The van der Waals surface area contributed by atoms with Gasteiger partial charge in [-0.25, -0.2) is 14.4 Å². The van der Waals surface area contributed by atoms with Crippen molar-refractivity contribution in [2.75, 3.05) is 13.1 Å². The Balaban J connectivity index is 1.64. The Hall–Kier alpha value is -3.59. The molecule has 2 aliphatic rings. The van der Waals surface area contributed by atoms with Gasteiger partial charge in [-0.2, -0.15) is 5.06 Å². The van der Waals surface area contributed by atoms with Crippen molar-refractivity contribution in [2.45, 2.75) is 25.6 Å². The molecule has 0 aliphatic carbocycles. The molecule has 1 unspecified atom stereocenters. The Labute approximate surface area is 172 Å². The first-order valence-electron chi connectivity index (χ1n) is 9.58. The fraction of sp³-hybridized carbons (Fsp3) is 0.286. The van der Waals surface area contributed by atoms with Gasteiger partial charge in [0.05, 0.1) is 6.54 Å². The summed E-state index contributed by atoms with van der Waals surface area (Å²) in [4.78, 5) is 43.7. The number of aliphatic carboxylic acids is 1. The molecule has 2 N–H and O–H groups in total. The molecule has 156 valence electrons. The van der Waals surface area contributed by atoms with Crippen LogP contribution >= 0.6 is 0 Å². The van der Waals surface area contributed by atoms with E-state index in [2.05, 4.69) is 5.32 Å². The summed E-state index contributed by atoms with van der Waals surface area (Å²) >= 11 is 0. The van der Waals surface area contributed by atoms with Gasteiger partial charge in [0, 0.05) is 6.54 Å². The van der Waals surface area contributed by atoms with E-state index in [1.54, 1.807) is 19.1 Å². The van der Waals surface area contributed by atoms with E-state index in [1.807, 2.05) is 30.3 Å². The normalized spacial score (nSPS) is 19.4. The number of fused-ring (bicyclic) bond motifs is 4. The van der Waals surface area contributed by atoms with Crippen LogP contribution in [0.2, 0.25) is 0 Å². The van der Waals surface area contributed by atoms with Gasteiger partial charge >= 0.3 is 18.1 Å². The number of hydroxylamine groups is 2. The molecule has 9 nitrogen and oxygen atoms in total. The summed E-state index contributed by atoms with van der Waals surface area (Å²) in [6, 6.07) is 11.9. The number of ether oxygens (including phenoxy) is 1. The molecule has 2 aromatic rings. The summed E-state index contributed by atoms with van der Waals surface area (Å²) in [6.45, 7) is 2.52. The third-order valence-electron chi connectivity index (χ3n) is 5.09. The average molecular weight is 411 g/mol. The summed E-state index contributed by atoms with van der Waals surface area (Å²) in [6.07, 6.45) is -0.607. The van der Waals surface area contributed by atoms with Crippen LogP contribution < -0.4 is 10.1 Å². The molecule has 9 heteroatoms. The number of benzene rings is 2. The van der Waals surface area contributed by atoms with E-state index in [9.17, 15) is 19.5 Å². The van der Waals surface area contributed by atoms with E-state index >= 15 is 0 Å². The zero-order valence-corrected chi connectivity index (χ0v) is 16.3. The number of carboxylic acids is 1. The van der Waals surface area contributed by atoms with E-state index in [1.165, 1.54) is 16.0 Å². The Morgan fingerprint density at radius 2 is 1.93 bits per heavy atom. The van der Waals surface area contributed by atoms with Crippen LogP contribution in [0.1, 0.15) is 35.7 Å². The third kappa shape index (κ3) is 3.55. The van der Waals surface area contributed by atoms with Crippen molar-refractivity contribution in [2.24, 2.45) is 0 Å². The highest BCUT2D eigenvalue weighted by molar-refractivity contribution is 5.87. The zero-order valence-electron chi connectivity index (χ0n) is 16.3. The fourth-order valence-corrected chi connectivity index (χ4v) is 3.78. The van der Waals surface area contributed by atoms with Crippen molar-refractivity contribution in [3.63, 3.8) is 0 Å². The van der Waals surface area contributed by atoms with Gasteiger partial charge in [0.15, 0.2) is 6.04 Å². The zero-order chi connectivity index (χ0) is 21.3. The molecular formula is C21H21N3O6. The minimum Gasteiger partial charge on any atom is -0.479 e. The van der Waals surface area contributed by atoms with Gasteiger partial charge in [-0.05, 0) is 35.7 Å². The Kier molecular flexibility index (Phi) is 5.28. The highest BCUT2D eigenvalue weighted by Gasteiger charge is 2.51. The maximum absolute atomic E-state index is 12.9. The van der Waals surface area contributed by atoms with Gasteiger partial charge in [0.1, 0.15) is 18.4 Å². The first-order chi connectivity index (χ1) is 14.5. The van der Waals surface area contributed by atoms with Crippen molar-refractivity contribution in [1.82, 2.24) is 15.3 Å². The summed E-state index contributed by atoms with van der Waals surface area (Å²) in [7, 11) is 0. The van der Waals surface area contributed by atoms with Gasteiger partial charge in [-0.1, -0.05) is 36.4 Å². The van der Waals surface area contributed by atoms with E-state index < -0.39 is 30.2 Å². The fourth-order valence-electron chi connectivity index (χ4n) is 3.78. The molecule has 1 fully saturated rings. The smallest absolute Gasteiger partial charge is 0.412 e. The molecule has 2 heterocycles. The van der Waals surface area contributed by atoms with Crippen molar-refractivity contribution < 1.29 is 29.1 Å². The summed E-state index contributed by atoms with van der Waals surface area (Å²) < 4.78 is 5.26. The second-order valence-electron chi connectivity index (χ2n) is 6.99. The Morgan fingerprint density at radius 1 is 1.17 bits per heavy atom. The molecule has 0 saturated carbocycles. The van der Waals surface area contributed by atoms with E-state index in [4.69, 9.17) is 9.57 Å². The predicted octanol–water partition coefficient (Wildman–Crippen LogP) is 2.84. The number of rotatable bonds is 6. The minimum atomic E-state index is -1.13. The van der Waals surface area contributed by atoms with Crippen LogP contribution in [0.4, 0.5) is 9.59 Å². The molecule has 2 bridgehead atoms. The first kappa shape index (κ1) is 19.7. The molecule has 1 saturated heterocycles. The molecule has 0 aromatic heterocycles. The molecular weight excluding hydrogens is 390 g/mol. The molecule has 4 rings (SSSR count). The number of hydrogen-bond acceptors (Lipinski definition) is 5. The quantitative estimate of drug-likeness (QED) is 0.757. The lowest BCUT2D eigenvalue weighted by Gasteiger charge is -2.30. The van der Waals surface area contributed by atoms with Gasteiger partial charge in [-0.3, -0.25) is 4.84 Å². The van der Waals surface area contributed by atoms with Crippen LogP contribution in [-0.4, -0.2) is 46.3 Å². The van der Waals surface area contributed by atoms with Crippen LogP contribution in [0, 0.1) is 0 Å². The first-order valence-corrected chi connectivity index (χ1v) is 9.58. The number of carboxylic acid groups (broad SMARTS) is 1. The maximum Gasteiger partial charge on any atom is 0.412 e. The average Bonchev–Trinajstić information content (AvgIpc) is 3.00. The van der Waals surface area contributed by atoms with Gasteiger partial charge in [0.25, 0.3) is 0 Å². The number of carbonyl (C=O) groups is 3. The van der Waals surface area contributed by atoms with Gasteiger partial charge in [0.2, 0.25) is 0 Å². The van der Waals surface area contributed by atoms with Crippen LogP contribution in [0.15, 0.2) is 48.5 Å². The van der Waals surface area contributed by atoms with Crippen LogP contribution in [0.5, 0.6) is 5.75 Å². The number of carbonyl (C=O) groups excluding carboxylic acids is 2. The molecule has 2 aromatic carbocycles. The largest absolute Gasteiger partial charge is 0.479 e. The molecule has 3 amide bonds. The SMILES string of the molecule is CCNC(=O)Oc1ccc2c(c1)[C@H]1CN(C(=O)N1OCc1ccccc1)C2C(=O)O. The second-order valence-corrected chi connectivity index (χ2v) is 6.99. The topological polar surface area (TPSA) is 108 Å². The van der Waals surface area contributed by atoms with Crippen LogP contribution in [0.25, 0.3) is 0 Å². The molecule has 0 radical (unpaired) electrons. The van der Waals surface area contributed by atoms with Crippen molar-refractivity contribution in [3.8, 4) is 5.75 Å². The highest BCUT2D eigenvalue weighted by atomic mass is 16.7. The lowest BCUT2D eigenvalue weighted by molar-refractivity contribution is -0.143. The number of hydrogen-bond donors (Lipinski definition) is 2. The highest BCUT2D eigenvalue weighted by Crippen LogP contribution is 2.45. The van der Waals surface area contributed by atoms with Crippen molar-refractivity contribution in [1.29, 1.82) is 0 Å². The van der Waals surface area contributed by atoms with E-state index in [0.717, 1.165) is 5.56 Å². The Bertz CT molecular complexity index is 980. The Morgan fingerprint density at radius 3 is 2.63 bits per heavy atom. The molecule has 2 atom stereocenters. The monoisotopic (exact) mass is 411 g/mol. The lowest BCUT2D eigenvalue weighted by Crippen LogP contribution is -2.38. The summed E-state index contributed by atoms with van der Waals surface area (Å²) in [5, 5.41) is 13.5. The number of urea groups is 1. The van der Waals surface area contributed by atoms with Crippen molar-refractivity contribution >= 4 is 18.1 Å². The third-order valence-corrected chi connectivity index (χ3v) is 5.09. The number of amides is 3. The number of nitrogens with zero attached hydrogens (tertiary/aromatic N) is 2. The second kappa shape index (κ2) is 8.03. The van der Waals surface area contributed by atoms with Crippen LogP contribution in [0.3, 0.4) is 0 Å². The maximum atomic E-state index is 12.9. The van der Waals surface area contributed by atoms with E-state index in [0.29, 0.717) is 17.7 Å². The molecule has 2 aliphatic heterocycles. The van der Waals surface area contributed by atoms with Crippen molar-refractivity contribution in [3.05, 3.63) is 65.2 Å².